The standard InChI is InChI=1S/C14H16O3/c1-4-17-14(16)13(11(3)15)9-12-8-6-5-7-10(12)2/h5-9H,4H2,1-3H3. The van der Waals surface area contributed by atoms with Crippen molar-refractivity contribution in [3.8, 4) is 0 Å². The summed E-state index contributed by atoms with van der Waals surface area (Å²) in [6.07, 6.45) is 1.58. The first-order valence-corrected chi connectivity index (χ1v) is 5.51. The van der Waals surface area contributed by atoms with Crippen LogP contribution in [0, 0.1) is 6.92 Å². The van der Waals surface area contributed by atoms with Gasteiger partial charge in [0.2, 0.25) is 0 Å². The Morgan fingerprint density at radius 2 is 1.94 bits per heavy atom. The number of carbonyl (C=O) groups excluding carboxylic acids is 2. The number of rotatable bonds is 4. The number of aryl methyl sites for hydroxylation is 1. The van der Waals surface area contributed by atoms with Crippen molar-refractivity contribution in [1.82, 2.24) is 0 Å². The van der Waals surface area contributed by atoms with Gasteiger partial charge in [0.25, 0.3) is 0 Å². The molecule has 0 fully saturated rings. The smallest absolute Gasteiger partial charge is 0.341 e. The van der Waals surface area contributed by atoms with E-state index in [-0.39, 0.29) is 18.0 Å². The molecule has 0 bridgehead atoms. The Balaban J connectivity index is 3.11. The summed E-state index contributed by atoms with van der Waals surface area (Å²) in [6, 6.07) is 7.55. The first kappa shape index (κ1) is 13.2. The second kappa shape index (κ2) is 5.99. The lowest BCUT2D eigenvalue weighted by Gasteiger charge is -2.05. The summed E-state index contributed by atoms with van der Waals surface area (Å²) in [5, 5.41) is 0. The van der Waals surface area contributed by atoms with Crippen molar-refractivity contribution >= 4 is 17.8 Å². The topological polar surface area (TPSA) is 43.4 Å². The highest BCUT2D eigenvalue weighted by molar-refractivity contribution is 6.19. The summed E-state index contributed by atoms with van der Waals surface area (Å²) in [7, 11) is 0. The largest absolute Gasteiger partial charge is 0.462 e. The van der Waals surface area contributed by atoms with Crippen LogP contribution >= 0.6 is 0 Å². The zero-order valence-corrected chi connectivity index (χ0v) is 10.3. The molecule has 0 radical (unpaired) electrons. The number of carbonyl (C=O) groups is 2. The Labute approximate surface area is 101 Å². The van der Waals surface area contributed by atoms with Crippen LogP contribution < -0.4 is 0 Å². The molecule has 0 aliphatic rings. The van der Waals surface area contributed by atoms with Crippen LogP contribution in [-0.2, 0) is 14.3 Å². The van der Waals surface area contributed by atoms with Gasteiger partial charge in [-0.05, 0) is 38.0 Å². The van der Waals surface area contributed by atoms with E-state index in [0.717, 1.165) is 11.1 Å². The molecule has 0 aliphatic carbocycles. The minimum atomic E-state index is -0.566. The molecule has 90 valence electrons. The van der Waals surface area contributed by atoms with Crippen molar-refractivity contribution in [3.63, 3.8) is 0 Å². The second-order valence-electron chi connectivity index (χ2n) is 3.69. The van der Waals surface area contributed by atoms with Gasteiger partial charge < -0.3 is 4.74 Å². The number of benzene rings is 1. The van der Waals surface area contributed by atoms with E-state index in [0.29, 0.717) is 0 Å². The van der Waals surface area contributed by atoms with Crippen molar-refractivity contribution in [2.45, 2.75) is 20.8 Å². The predicted octanol–water partition coefficient (Wildman–Crippen LogP) is 2.53. The average molecular weight is 232 g/mol. The predicted molar refractivity (Wildman–Crippen MR) is 66.5 cm³/mol. The molecular weight excluding hydrogens is 216 g/mol. The molecule has 1 rings (SSSR count). The SMILES string of the molecule is CCOC(=O)C(=Cc1ccccc1C)C(C)=O. The lowest BCUT2D eigenvalue weighted by atomic mass is 10.0. The molecule has 0 amide bonds. The summed E-state index contributed by atoms with van der Waals surface area (Å²) in [5.41, 5.74) is 1.95. The van der Waals surface area contributed by atoms with E-state index in [2.05, 4.69) is 0 Å². The molecular formula is C14H16O3. The first-order valence-electron chi connectivity index (χ1n) is 5.51. The molecule has 0 saturated carbocycles. The molecule has 1 aromatic rings. The maximum absolute atomic E-state index is 11.6. The number of ketones is 1. The minimum absolute atomic E-state index is 0.0844. The molecule has 1 aromatic carbocycles. The van der Waals surface area contributed by atoms with Crippen molar-refractivity contribution in [2.75, 3.05) is 6.61 Å². The van der Waals surface area contributed by atoms with Crippen LogP contribution in [0.1, 0.15) is 25.0 Å². The third kappa shape index (κ3) is 3.55. The number of ether oxygens (including phenoxy) is 1. The number of hydrogen-bond donors (Lipinski definition) is 0. The van der Waals surface area contributed by atoms with Crippen molar-refractivity contribution in [3.05, 3.63) is 41.0 Å². The Kier molecular flexibility index (Phi) is 4.64. The lowest BCUT2D eigenvalue weighted by Crippen LogP contribution is -2.13. The zero-order valence-electron chi connectivity index (χ0n) is 10.3. The van der Waals surface area contributed by atoms with Crippen molar-refractivity contribution < 1.29 is 14.3 Å². The maximum atomic E-state index is 11.6. The van der Waals surface area contributed by atoms with Gasteiger partial charge in [-0.3, -0.25) is 4.79 Å². The Bertz CT molecular complexity index is 458. The molecule has 3 nitrogen and oxygen atoms in total. The van der Waals surface area contributed by atoms with Gasteiger partial charge in [0, 0.05) is 0 Å². The quantitative estimate of drug-likeness (QED) is 0.347. The second-order valence-corrected chi connectivity index (χ2v) is 3.69. The number of esters is 1. The fourth-order valence-corrected chi connectivity index (χ4v) is 1.42. The van der Waals surface area contributed by atoms with E-state index >= 15 is 0 Å². The summed E-state index contributed by atoms with van der Waals surface area (Å²) < 4.78 is 4.85. The Morgan fingerprint density at radius 3 is 2.47 bits per heavy atom. The molecule has 0 aliphatic heterocycles. The van der Waals surface area contributed by atoms with Crippen LogP contribution in [0.5, 0.6) is 0 Å². The third-order valence-corrected chi connectivity index (χ3v) is 2.36. The average Bonchev–Trinajstić information content (AvgIpc) is 2.27. The molecule has 0 spiro atoms. The molecule has 0 heterocycles. The highest BCUT2D eigenvalue weighted by Crippen LogP contribution is 2.13. The molecule has 0 saturated heterocycles. The number of Topliss-reactive ketones (excluding diaryl/α,β-unsaturated/α-hetero) is 1. The highest BCUT2D eigenvalue weighted by atomic mass is 16.5. The molecule has 0 unspecified atom stereocenters. The van der Waals surface area contributed by atoms with Crippen molar-refractivity contribution in [2.24, 2.45) is 0 Å². The Hall–Kier alpha value is -1.90. The van der Waals surface area contributed by atoms with E-state index in [1.165, 1.54) is 6.92 Å². The van der Waals surface area contributed by atoms with Gasteiger partial charge in [0.15, 0.2) is 5.78 Å². The van der Waals surface area contributed by atoms with Gasteiger partial charge in [0.05, 0.1) is 6.61 Å². The highest BCUT2D eigenvalue weighted by Gasteiger charge is 2.15. The van der Waals surface area contributed by atoms with Crippen molar-refractivity contribution in [1.29, 1.82) is 0 Å². The first-order chi connectivity index (χ1) is 8.06. The van der Waals surface area contributed by atoms with Crippen LogP contribution in [0.4, 0.5) is 0 Å². The summed E-state index contributed by atoms with van der Waals surface area (Å²) >= 11 is 0. The minimum Gasteiger partial charge on any atom is -0.462 e. The van der Waals surface area contributed by atoms with E-state index < -0.39 is 5.97 Å². The van der Waals surface area contributed by atoms with Gasteiger partial charge in [-0.15, -0.1) is 0 Å². The summed E-state index contributed by atoms with van der Waals surface area (Å²) in [6.45, 7) is 5.26. The van der Waals surface area contributed by atoms with Crippen LogP contribution in [0.2, 0.25) is 0 Å². The van der Waals surface area contributed by atoms with Crippen LogP contribution in [0.25, 0.3) is 6.08 Å². The molecule has 0 atom stereocenters. The Morgan fingerprint density at radius 1 is 1.29 bits per heavy atom. The normalized spacial score (nSPS) is 11.1. The maximum Gasteiger partial charge on any atom is 0.341 e. The monoisotopic (exact) mass is 232 g/mol. The van der Waals surface area contributed by atoms with E-state index in [1.807, 2.05) is 31.2 Å². The van der Waals surface area contributed by atoms with E-state index in [4.69, 9.17) is 4.74 Å². The lowest BCUT2D eigenvalue weighted by molar-refractivity contribution is -0.139. The molecule has 0 N–H and O–H groups in total. The van der Waals surface area contributed by atoms with Crippen LogP contribution in [0.15, 0.2) is 29.8 Å². The van der Waals surface area contributed by atoms with Gasteiger partial charge in [-0.1, -0.05) is 24.3 Å². The molecule has 0 aromatic heterocycles. The molecule has 3 heteroatoms. The van der Waals surface area contributed by atoms with E-state index in [1.54, 1.807) is 13.0 Å². The van der Waals surface area contributed by atoms with Crippen LogP contribution in [-0.4, -0.2) is 18.4 Å². The molecule has 17 heavy (non-hydrogen) atoms. The van der Waals surface area contributed by atoms with Gasteiger partial charge in [-0.2, -0.15) is 0 Å². The fourth-order valence-electron chi connectivity index (χ4n) is 1.42. The third-order valence-electron chi connectivity index (χ3n) is 2.36. The summed E-state index contributed by atoms with van der Waals surface area (Å²) in [5.74, 6) is -0.852. The van der Waals surface area contributed by atoms with E-state index in [9.17, 15) is 9.59 Å². The van der Waals surface area contributed by atoms with Crippen LogP contribution in [0.3, 0.4) is 0 Å². The zero-order chi connectivity index (χ0) is 12.8. The van der Waals surface area contributed by atoms with Gasteiger partial charge in [-0.25, -0.2) is 4.79 Å². The fraction of sp³-hybridized carbons (Fsp3) is 0.286. The summed E-state index contributed by atoms with van der Waals surface area (Å²) in [4.78, 5) is 23.0. The van der Waals surface area contributed by atoms with Gasteiger partial charge >= 0.3 is 5.97 Å². The van der Waals surface area contributed by atoms with Gasteiger partial charge in [0.1, 0.15) is 5.57 Å². The number of hydrogen-bond acceptors (Lipinski definition) is 3.